The van der Waals surface area contributed by atoms with Crippen LogP contribution in [-0.4, -0.2) is 32.3 Å². The fourth-order valence-electron chi connectivity index (χ4n) is 2.30. The molecule has 2 N–H and O–H groups in total. The fourth-order valence-corrected chi connectivity index (χ4v) is 2.83. The third kappa shape index (κ3) is 2.99. The van der Waals surface area contributed by atoms with E-state index in [1.54, 1.807) is 4.90 Å². The smallest absolute Gasteiger partial charge is 0.256 e. The Morgan fingerprint density at radius 3 is 2.50 bits per heavy atom. The van der Waals surface area contributed by atoms with E-state index in [0.717, 1.165) is 18.6 Å². The van der Waals surface area contributed by atoms with E-state index in [0.29, 0.717) is 13.1 Å². The Hall–Kier alpha value is -1.47. The van der Waals surface area contributed by atoms with E-state index in [1.165, 1.54) is 6.07 Å². The van der Waals surface area contributed by atoms with Gasteiger partial charge < -0.3 is 4.90 Å². The van der Waals surface area contributed by atoms with Crippen molar-refractivity contribution in [2.75, 3.05) is 13.1 Å². The molecule has 1 saturated heterocycles. The number of sulfonamides is 1. The van der Waals surface area contributed by atoms with Crippen molar-refractivity contribution >= 4 is 15.9 Å². The molecule has 2 rings (SSSR count). The maximum Gasteiger partial charge on any atom is 0.256 e. The first-order valence-corrected chi connectivity index (χ1v) is 7.76. The third-order valence-corrected chi connectivity index (χ3v) is 4.38. The van der Waals surface area contributed by atoms with Gasteiger partial charge in [0.05, 0.1) is 10.5 Å². The van der Waals surface area contributed by atoms with Crippen LogP contribution in [0.15, 0.2) is 23.1 Å². The van der Waals surface area contributed by atoms with Crippen molar-refractivity contribution in [3.8, 4) is 0 Å². The summed E-state index contributed by atoms with van der Waals surface area (Å²) in [7, 11) is -3.97. The van der Waals surface area contributed by atoms with Gasteiger partial charge in [-0.25, -0.2) is 17.9 Å². The quantitative estimate of drug-likeness (QED) is 0.895. The number of hydrogen-bond acceptors (Lipinski definition) is 3. The summed E-state index contributed by atoms with van der Waals surface area (Å²) in [6, 6.07) is 3.10. The van der Waals surface area contributed by atoms with Crippen LogP contribution in [0.5, 0.6) is 0 Å². The molecule has 0 aliphatic carbocycles. The van der Waals surface area contributed by atoms with Crippen LogP contribution in [0.1, 0.15) is 30.6 Å². The maximum absolute atomic E-state index is 13.9. The van der Waals surface area contributed by atoms with Crippen LogP contribution < -0.4 is 5.14 Å². The lowest BCUT2D eigenvalue weighted by Gasteiger charge is -2.20. The van der Waals surface area contributed by atoms with Gasteiger partial charge in [-0.15, -0.1) is 0 Å². The Balaban J connectivity index is 2.28. The first kappa shape index (κ1) is 14.9. The number of amides is 1. The van der Waals surface area contributed by atoms with Crippen LogP contribution in [-0.2, 0) is 10.0 Å². The van der Waals surface area contributed by atoms with Crippen molar-refractivity contribution in [1.29, 1.82) is 0 Å². The predicted molar refractivity (Wildman–Crippen MR) is 72.1 cm³/mol. The Bertz CT molecular complexity index is 656. The number of carbonyl (C=O) groups excluding carboxylic acids is 1. The van der Waals surface area contributed by atoms with Crippen molar-refractivity contribution in [2.45, 2.75) is 25.2 Å². The zero-order chi connectivity index (χ0) is 15.1. The summed E-state index contributed by atoms with van der Waals surface area (Å²) in [5, 5.41) is 4.92. The average Bonchev–Trinajstić information content (AvgIpc) is 2.67. The molecular weight excluding hydrogens is 283 g/mol. The van der Waals surface area contributed by atoms with E-state index < -0.39 is 21.7 Å². The van der Waals surface area contributed by atoms with E-state index in [4.69, 9.17) is 5.14 Å². The highest BCUT2D eigenvalue weighted by Gasteiger charge is 2.33. The van der Waals surface area contributed by atoms with Gasteiger partial charge in [-0.2, -0.15) is 0 Å². The topological polar surface area (TPSA) is 80.5 Å². The van der Waals surface area contributed by atoms with E-state index in [2.05, 4.69) is 0 Å². The number of nitrogens with two attached hydrogens (primary N) is 1. The number of primary sulfonamides is 1. The van der Waals surface area contributed by atoms with Crippen molar-refractivity contribution in [2.24, 2.45) is 10.6 Å². The second-order valence-corrected chi connectivity index (χ2v) is 7.39. The SMILES string of the molecule is CC1(C)CCN(C(=O)c2ccc(S(N)(=O)=O)cc2F)C1. The lowest BCUT2D eigenvalue weighted by molar-refractivity contribution is 0.0773. The normalized spacial score (nSPS) is 18.3. The fraction of sp³-hybridized carbons (Fsp3) is 0.462. The largest absolute Gasteiger partial charge is 0.338 e. The van der Waals surface area contributed by atoms with Gasteiger partial charge >= 0.3 is 0 Å². The molecule has 1 aliphatic heterocycles. The standard InChI is InChI=1S/C13H17FN2O3S/c1-13(2)5-6-16(8-13)12(17)10-4-3-9(7-11(10)14)20(15,18)19/h3-4,7H,5-6,8H2,1-2H3,(H2,15,18,19). The summed E-state index contributed by atoms with van der Waals surface area (Å²) >= 11 is 0. The Morgan fingerprint density at radius 1 is 1.40 bits per heavy atom. The van der Waals surface area contributed by atoms with Crippen molar-refractivity contribution in [3.05, 3.63) is 29.6 Å². The molecule has 0 saturated carbocycles. The molecule has 20 heavy (non-hydrogen) atoms. The van der Waals surface area contributed by atoms with Crippen molar-refractivity contribution < 1.29 is 17.6 Å². The van der Waals surface area contributed by atoms with Crippen molar-refractivity contribution in [1.82, 2.24) is 4.90 Å². The highest BCUT2D eigenvalue weighted by molar-refractivity contribution is 7.89. The molecule has 1 fully saturated rings. The van der Waals surface area contributed by atoms with Gasteiger partial charge in [-0.1, -0.05) is 13.8 Å². The molecule has 1 amide bonds. The first-order chi connectivity index (χ1) is 9.10. The number of halogens is 1. The number of hydrogen-bond donors (Lipinski definition) is 1. The number of likely N-dealkylation sites (tertiary alicyclic amines) is 1. The second kappa shape index (κ2) is 4.82. The van der Waals surface area contributed by atoms with Crippen LogP contribution >= 0.6 is 0 Å². The molecule has 110 valence electrons. The lowest BCUT2D eigenvalue weighted by atomic mass is 9.93. The predicted octanol–water partition coefficient (Wildman–Crippen LogP) is 1.35. The van der Waals surface area contributed by atoms with Gasteiger partial charge in [0.2, 0.25) is 10.0 Å². The first-order valence-electron chi connectivity index (χ1n) is 6.22. The average molecular weight is 300 g/mol. The Labute approximate surface area is 117 Å². The molecule has 0 unspecified atom stereocenters. The molecule has 7 heteroatoms. The van der Waals surface area contributed by atoms with E-state index in [-0.39, 0.29) is 15.9 Å². The Kier molecular flexibility index (Phi) is 3.60. The van der Waals surface area contributed by atoms with Crippen LogP contribution in [0.4, 0.5) is 4.39 Å². The van der Waals surface area contributed by atoms with E-state index in [9.17, 15) is 17.6 Å². The van der Waals surface area contributed by atoms with Crippen LogP contribution in [0.25, 0.3) is 0 Å². The summed E-state index contributed by atoms with van der Waals surface area (Å²) in [5.74, 6) is -1.29. The molecule has 0 spiro atoms. The number of rotatable bonds is 2. The minimum absolute atomic E-state index is 0.0205. The molecule has 0 aromatic heterocycles. The summed E-state index contributed by atoms with van der Waals surface area (Å²) < 4.78 is 36.2. The Morgan fingerprint density at radius 2 is 2.05 bits per heavy atom. The third-order valence-electron chi connectivity index (χ3n) is 3.46. The second-order valence-electron chi connectivity index (χ2n) is 5.83. The van der Waals surface area contributed by atoms with Gasteiger partial charge in [0.1, 0.15) is 5.82 Å². The van der Waals surface area contributed by atoms with Gasteiger partial charge in [-0.3, -0.25) is 4.79 Å². The number of nitrogens with zero attached hydrogens (tertiary/aromatic N) is 1. The maximum atomic E-state index is 13.9. The summed E-state index contributed by atoms with van der Waals surface area (Å²) in [6.45, 7) is 5.21. The van der Waals surface area contributed by atoms with Crippen LogP contribution in [0, 0.1) is 11.2 Å². The monoisotopic (exact) mass is 300 g/mol. The molecule has 1 aliphatic rings. The minimum atomic E-state index is -3.97. The molecule has 1 aromatic rings. The highest BCUT2D eigenvalue weighted by Crippen LogP contribution is 2.30. The zero-order valence-corrected chi connectivity index (χ0v) is 12.2. The molecule has 1 aromatic carbocycles. The molecule has 0 radical (unpaired) electrons. The zero-order valence-electron chi connectivity index (χ0n) is 11.4. The number of benzene rings is 1. The van der Waals surface area contributed by atoms with Gasteiger partial charge in [0.25, 0.3) is 5.91 Å². The molecule has 5 nitrogen and oxygen atoms in total. The molecule has 0 atom stereocenters. The summed E-state index contributed by atoms with van der Waals surface area (Å²) in [6.07, 6.45) is 0.857. The van der Waals surface area contributed by atoms with E-state index in [1.807, 2.05) is 13.8 Å². The summed E-state index contributed by atoms with van der Waals surface area (Å²) in [5.41, 5.74) is -0.109. The molecular formula is C13H17FN2O3S. The van der Waals surface area contributed by atoms with Gasteiger partial charge in [-0.05, 0) is 30.0 Å². The summed E-state index contributed by atoms with van der Waals surface area (Å²) in [4.78, 5) is 13.5. The van der Waals surface area contributed by atoms with Gasteiger partial charge in [0, 0.05) is 13.1 Å². The van der Waals surface area contributed by atoms with Crippen LogP contribution in [0.2, 0.25) is 0 Å². The molecule has 1 heterocycles. The number of carbonyl (C=O) groups is 1. The highest BCUT2D eigenvalue weighted by atomic mass is 32.2. The van der Waals surface area contributed by atoms with E-state index >= 15 is 0 Å². The minimum Gasteiger partial charge on any atom is -0.338 e. The van der Waals surface area contributed by atoms with Crippen molar-refractivity contribution in [3.63, 3.8) is 0 Å². The van der Waals surface area contributed by atoms with Gasteiger partial charge in [0.15, 0.2) is 0 Å². The molecule has 0 bridgehead atoms. The van der Waals surface area contributed by atoms with Crippen LogP contribution in [0.3, 0.4) is 0 Å². The lowest BCUT2D eigenvalue weighted by Crippen LogP contribution is -2.31.